The molecule has 2 aromatic rings. The molecule has 1 heterocycles. The van der Waals surface area contributed by atoms with Gasteiger partial charge >= 0.3 is 6.03 Å². The third-order valence-corrected chi connectivity index (χ3v) is 6.93. The summed E-state index contributed by atoms with van der Waals surface area (Å²) >= 11 is 1.43. The van der Waals surface area contributed by atoms with Crippen molar-refractivity contribution in [2.24, 2.45) is 11.5 Å². The summed E-state index contributed by atoms with van der Waals surface area (Å²) in [5.74, 6) is 0.585. The number of ether oxygens (including phenoxy) is 1. The maximum Gasteiger partial charge on any atom is 0.317 e. The highest BCUT2D eigenvalue weighted by atomic mass is 32.2. The lowest BCUT2D eigenvalue weighted by atomic mass is 9.89. The third kappa shape index (κ3) is 4.24. The summed E-state index contributed by atoms with van der Waals surface area (Å²) in [6.45, 7) is 5.92. The number of anilines is 1. The molecule has 27 heavy (non-hydrogen) atoms. The van der Waals surface area contributed by atoms with Gasteiger partial charge in [0, 0.05) is 28.2 Å². The average molecular weight is 410 g/mol. The first kappa shape index (κ1) is 21.6. The van der Waals surface area contributed by atoms with Crippen LogP contribution in [0.1, 0.15) is 43.7 Å². The third-order valence-electron chi connectivity index (χ3n) is 4.33. The molecule has 0 fully saturated rings. The molecule has 2 atom stereocenters. The van der Waals surface area contributed by atoms with E-state index in [4.69, 9.17) is 16.2 Å². The van der Waals surface area contributed by atoms with Crippen LogP contribution in [0.15, 0.2) is 23.1 Å². The van der Waals surface area contributed by atoms with Gasteiger partial charge in [0.2, 0.25) is 0 Å². The SMILES string of the molecule is CC.CCS(=O)c1cccc2c1CCc1c-2sc(NC(N)=O)c1C(N)OC. The Labute approximate surface area is 166 Å². The quantitative estimate of drug-likeness (QED) is 0.653. The molecule has 0 saturated carbocycles. The molecule has 1 aromatic carbocycles. The second kappa shape index (κ2) is 9.45. The molecule has 0 radical (unpaired) electrons. The molecule has 2 unspecified atom stereocenters. The van der Waals surface area contributed by atoms with Crippen molar-refractivity contribution in [2.45, 2.75) is 44.7 Å². The molecule has 1 aromatic heterocycles. The summed E-state index contributed by atoms with van der Waals surface area (Å²) in [6, 6.07) is 5.25. The highest BCUT2D eigenvalue weighted by Crippen LogP contribution is 2.47. The van der Waals surface area contributed by atoms with E-state index in [1.165, 1.54) is 18.4 Å². The monoisotopic (exact) mass is 409 g/mol. The molecule has 0 saturated heterocycles. The van der Waals surface area contributed by atoms with Crippen LogP contribution in [0, 0.1) is 0 Å². The van der Waals surface area contributed by atoms with E-state index in [9.17, 15) is 9.00 Å². The van der Waals surface area contributed by atoms with Crippen LogP contribution < -0.4 is 16.8 Å². The Hall–Kier alpha value is -1.74. The fraction of sp³-hybridized carbons (Fsp3) is 0.421. The molecule has 1 aliphatic rings. The van der Waals surface area contributed by atoms with Crippen LogP contribution in [0.2, 0.25) is 0 Å². The standard InChI is InChI=1S/C17H21N3O3S2.C2H6/c1-3-25(22)12-6-4-5-10-9(12)7-8-11-13(15(18)23-2)16(20-17(19)21)24-14(10)11;1-2/h4-6,15H,3,7-8,18H2,1-2H3,(H3,19,20,21);1-2H3. The summed E-state index contributed by atoms with van der Waals surface area (Å²) in [5.41, 5.74) is 15.4. The van der Waals surface area contributed by atoms with Gasteiger partial charge in [-0.3, -0.25) is 9.53 Å². The van der Waals surface area contributed by atoms with Crippen LogP contribution in [0.3, 0.4) is 0 Å². The van der Waals surface area contributed by atoms with Crippen molar-refractivity contribution in [3.8, 4) is 10.4 Å². The van der Waals surface area contributed by atoms with Crippen LogP contribution in [0.5, 0.6) is 0 Å². The van der Waals surface area contributed by atoms with Gasteiger partial charge in [0.05, 0.1) is 10.8 Å². The van der Waals surface area contributed by atoms with Crippen LogP contribution in [-0.2, 0) is 28.4 Å². The average Bonchev–Trinajstić information content (AvgIpc) is 3.05. The Morgan fingerprint density at radius 3 is 2.59 bits per heavy atom. The van der Waals surface area contributed by atoms with Crippen molar-refractivity contribution < 1.29 is 13.7 Å². The van der Waals surface area contributed by atoms with Crippen molar-refractivity contribution >= 4 is 33.2 Å². The van der Waals surface area contributed by atoms with E-state index in [-0.39, 0.29) is 0 Å². The van der Waals surface area contributed by atoms with E-state index in [2.05, 4.69) is 5.32 Å². The molecule has 5 N–H and O–H groups in total. The first-order chi connectivity index (χ1) is 13.0. The number of fused-ring (bicyclic) bond motifs is 3. The van der Waals surface area contributed by atoms with E-state index in [1.54, 1.807) is 0 Å². The van der Waals surface area contributed by atoms with Gasteiger partial charge in [-0.05, 0) is 35.6 Å². The number of carbonyl (C=O) groups excluding carboxylic acids is 1. The number of carbonyl (C=O) groups is 1. The highest BCUT2D eigenvalue weighted by molar-refractivity contribution is 7.85. The zero-order valence-electron chi connectivity index (χ0n) is 16.1. The van der Waals surface area contributed by atoms with Gasteiger partial charge in [-0.15, -0.1) is 11.3 Å². The summed E-state index contributed by atoms with van der Waals surface area (Å²) in [6.07, 6.45) is 0.890. The number of hydrogen-bond acceptors (Lipinski definition) is 5. The summed E-state index contributed by atoms with van der Waals surface area (Å²) in [4.78, 5) is 13.3. The fourth-order valence-corrected chi connectivity index (χ4v) is 5.59. The van der Waals surface area contributed by atoms with Crippen LogP contribution in [0.25, 0.3) is 10.4 Å². The maximum atomic E-state index is 12.4. The first-order valence-corrected chi connectivity index (χ1v) is 11.1. The number of benzene rings is 1. The van der Waals surface area contributed by atoms with Gasteiger partial charge in [-0.1, -0.05) is 32.9 Å². The number of nitrogens with two attached hydrogens (primary N) is 2. The molecule has 3 rings (SSSR count). The molecule has 148 valence electrons. The Bertz CT molecular complexity index is 849. The van der Waals surface area contributed by atoms with E-state index < -0.39 is 23.1 Å². The Morgan fingerprint density at radius 2 is 2.00 bits per heavy atom. The molecule has 6 nitrogen and oxygen atoms in total. The van der Waals surface area contributed by atoms with Crippen molar-refractivity contribution in [3.63, 3.8) is 0 Å². The number of methoxy groups -OCH3 is 1. The van der Waals surface area contributed by atoms with Crippen molar-refractivity contribution in [2.75, 3.05) is 18.2 Å². The molecule has 8 heteroatoms. The topological polar surface area (TPSA) is 107 Å². The molecular weight excluding hydrogens is 382 g/mol. The number of thiophene rings is 1. The number of rotatable bonds is 5. The van der Waals surface area contributed by atoms with Gasteiger partial charge in [-0.25, -0.2) is 4.79 Å². The lowest BCUT2D eigenvalue weighted by Gasteiger charge is -2.21. The largest absolute Gasteiger partial charge is 0.362 e. The number of amides is 2. The first-order valence-electron chi connectivity index (χ1n) is 8.98. The second-order valence-corrected chi connectivity index (χ2v) is 8.44. The highest BCUT2D eigenvalue weighted by Gasteiger charge is 2.29. The maximum absolute atomic E-state index is 12.4. The number of urea groups is 1. The minimum atomic E-state index is -1.01. The summed E-state index contributed by atoms with van der Waals surface area (Å²) < 4.78 is 17.7. The van der Waals surface area contributed by atoms with Crippen molar-refractivity contribution in [3.05, 3.63) is 34.9 Å². The van der Waals surface area contributed by atoms with E-state index in [0.29, 0.717) is 10.8 Å². The minimum Gasteiger partial charge on any atom is -0.362 e. The zero-order valence-corrected chi connectivity index (χ0v) is 17.8. The van der Waals surface area contributed by atoms with Gasteiger partial charge in [-0.2, -0.15) is 0 Å². The molecule has 0 spiro atoms. The smallest absolute Gasteiger partial charge is 0.317 e. The molecule has 2 amide bonds. The molecule has 0 bridgehead atoms. The lowest BCUT2D eigenvalue weighted by Crippen LogP contribution is -2.22. The van der Waals surface area contributed by atoms with Gasteiger partial charge in [0.15, 0.2) is 0 Å². The van der Waals surface area contributed by atoms with Gasteiger partial charge in [0.1, 0.15) is 11.2 Å². The fourth-order valence-electron chi connectivity index (χ4n) is 3.22. The normalized spacial score (nSPS) is 14.3. The van der Waals surface area contributed by atoms with E-state index in [0.717, 1.165) is 44.9 Å². The minimum absolute atomic E-state index is 0.585. The Kier molecular flexibility index (Phi) is 7.55. The van der Waals surface area contributed by atoms with Gasteiger partial charge < -0.3 is 16.2 Å². The molecule has 0 aliphatic heterocycles. The van der Waals surface area contributed by atoms with Crippen LogP contribution in [-0.4, -0.2) is 23.1 Å². The summed E-state index contributed by atoms with van der Waals surface area (Å²) in [7, 11) is 0.521. The molecular formula is C19H27N3O3S2. The Balaban J connectivity index is 0.00000126. The predicted molar refractivity (Wildman–Crippen MR) is 113 cm³/mol. The number of hydrogen-bond donors (Lipinski definition) is 3. The number of primary amides is 1. The van der Waals surface area contributed by atoms with Crippen LogP contribution >= 0.6 is 11.3 Å². The predicted octanol–water partition coefficient (Wildman–Crippen LogP) is 3.76. The van der Waals surface area contributed by atoms with Crippen molar-refractivity contribution in [1.29, 1.82) is 0 Å². The Morgan fingerprint density at radius 1 is 1.33 bits per heavy atom. The number of nitrogens with one attached hydrogen (secondary N) is 1. The van der Waals surface area contributed by atoms with Crippen molar-refractivity contribution in [1.82, 2.24) is 0 Å². The van der Waals surface area contributed by atoms with Gasteiger partial charge in [0.25, 0.3) is 0 Å². The van der Waals surface area contributed by atoms with Crippen LogP contribution in [0.4, 0.5) is 9.80 Å². The second-order valence-electron chi connectivity index (χ2n) is 5.71. The summed E-state index contributed by atoms with van der Waals surface area (Å²) in [5, 5.41) is 3.28. The lowest BCUT2D eigenvalue weighted by molar-refractivity contribution is 0.109. The zero-order chi connectivity index (χ0) is 20.1. The van der Waals surface area contributed by atoms with E-state index in [1.807, 2.05) is 39.0 Å². The van der Waals surface area contributed by atoms with E-state index >= 15 is 0 Å². The molecule has 1 aliphatic carbocycles.